The molecule has 0 radical (unpaired) electrons. The smallest absolute Gasteiger partial charge is 0.267 e. The van der Waals surface area contributed by atoms with Gasteiger partial charge in [0.25, 0.3) is 5.56 Å². The molecule has 0 fully saturated rings. The van der Waals surface area contributed by atoms with Crippen molar-refractivity contribution >= 4 is 16.9 Å². The summed E-state index contributed by atoms with van der Waals surface area (Å²) in [6.07, 6.45) is 3.94. The number of benzene rings is 1. The molecule has 1 aromatic carbocycles. The normalized spacial score (nSPS) is 13.6. The highest BCUT2D eigenvalue weighted by molar-refractivity contribution is 5.76. The molecule has 1 aliphatic rings. The van der Waals surface area contributed by atoms with E-state index < -0.39 is 0 Å². The fraction of sp³-hybridized carbons (Fsp3) is 0.333. The van der Waals surface area contributed by atoms with Crippen molar-refractivity contribution < 1.29 is 4.79 Å². The average molecular weight is 337 g/mol. The van der Waals surface area contributed by atoms with E-state index in [0.29, 0.717) is 5.82 Å². The maximum absolute atomic E-state index is 12.2. The standard InChI is InChI=1S/C18H19N5O2/c24-17(19-10-16-20-14-7-3-4-8-15(14)21-16)11-23-18(25)9-12-5-1-2-6-13(12)22-23/h3-4,7-9H,1-2,5-6,10-11H2,(H,19,24)(H,20,21). The first-order chi connectivity index (χ1) is 12.2. The second-order valence-electron chi connectivity index (χ2n) is 6.30. The van der Waals surface area contributed by atoms with Crippen LogP contribution in [0.15, 0.2) is 35.1 Å². The number of hydrogen-bond donors (Lipinski definition) is 2. The van der Waals surface area contributed by atoms with Crippen LogP contribution in [0.5, 0.6) is 0 Å². The summed E-state index contributed by atoms with van der Waals surface area (Å²) in [6, 6.07) is 9.31. The highest BCUT2D eigenvalue weighted by atomic mass is 16.2. The number of para-hydroxylation sites is 2. The number of nitrogens with one attached hydrogen (secondary N) is 2. The summed E-state index contributed by atoms with van der Waals surface area (Å²) in [5, 5.41) is 7.15. The number of carbonyl (C=O) groups is 1. The Morgan fingerprint density at radius 2 is 2.08 bits per heavy atom. The Bertz CT molecular complexity index is 956. The third-order valence-corrected chi connectivity index (χ3v) is 4.46. The number of aryl methyl sites for hydroxylation is 2. The molecular weight excluding hydrogens is 318 g/mol. The summed E-state index contributed by atoms with van der Waals surface area (Å²) in [4.78, 5) is 31.9. The summed E-state index contributed by atoms with van der Waals surface area (Å²) in [5.41, 5.74) is 3.53. The molecule has 128 valence electrons. The zero-order valence-corrected chi connectivity index (χ0v) is 13.8. The Balaban J connectivity index is 1.42. The maximum atomic E-state index is 12.2. The number of rotatable bonds is 4. The molecule has 2 heterocycles. The summed E-state index contributed by atoms with van der Waals surface area (Å²) in [5.74, 6) is 0.422. The molecule has 0 unspecified atom stereocenters. The Labute approximate surface area is 144 Å². The van der Waals surface area contributed by atoms with Crippen LogP contribution in [0, 0.1) is 0 Å². The Morgan fingerprint density at radius 1 is 1.24 bits per heavy atom. The van der Waals surface area contributed by atoms with E-state index in [0.717, 1.165) is 48.0 Å². The number of aromatic nitrogens is 4. The van der Waals surface area contributed by atoms with Crippen LogP contribution in [-0.2, 0) is 30.7 Å². The molecule has 0 bridgehead atoms. The fourth-order valence-corrected chi connectivity index (χ4v) is 3.18. The molecule has 2 N–H and O–H groups in total. The Kier molecular flexibility index (Phi) is 4.05. The van der Waals surface area contributed by atoms with Gasteiger partial charge in [0, 0.05) is 6.07 Å². The van der Waals surface area contributed by atoms with Crippen molar-refractivity contribution in [1.29, 1.82) is 0 Å². The number of hydrogen-bond acceptors (Lipinski definition) is 4. The Morgan fingerprint density at radius 3 is 2.96 bits per heavy atom. The SMILES string of the molecule is O=C(Cn1nc2c(cc1=O)CCCC2)NCc1nc2ccccc2[nH]1. The van der Waals surface area contributed by atoms with Gasteiger partial charge in [-0.05, 0) is 43.4 Å². The largest absolute Gasteiger partial charge is 0.347 e. The van der Waals surface area contributed by atoms with Crippen LogP contribution >= 0.6 is 0 Å². The van der Waals surface area contributed by atoms with E-state index >= 15 is 0 Å². The number of aromatic amines is 1. The highest BCUT2D eigenvalue weighted by Gasteiger charge is 2.14. The predicted octanol–water partition coefficient (Wildman–Crippen LogP) is 1.31. The van der Waals surface area contributed by atoms with E-state index in [-0.39, 0.29) is 24.6 Å². The van der Waals surface area contributed by atoms with Gasteiger partial charge in [-0.25, -0.2) is 9.67 Å². The van der Waals surface area contributed by atoms with E-state index in [1.807, 2.05) is 24.3 Å². The monoisotopic (exact) mass is 337 g/mol. The minimum Gasteiger partial charge on any atom is -0.347 e. The number of fused-ring (bicyclic) bond motifs is 2. The molecule has 7 nitrogen and oxygen atoms in total. The first-order valence-corrected chi connectivity index (χ1v) is 8.49. The van der Waals surface area contributed by atoms with Gasteiger partial charge in [0.15, 0.2) is 0 Å². The lowest BCUT2D eigenvalue weighted by Crippen LogP contribution is -2.34. The lowest BCUT2D eigenvalue weighted by atomic mass is 9.97. The minimum atomic E-state index is -0.259. The number of amides is 1. The molecule has 0 saturated heterocycles. The summed E-state index contributed by atoms with van der Waals surface area (Å²) in [7, 11) is 0. The van der Waals surface area contributed by atoms with Gasteiger partial charge in [-0.3, -0.25) is 9.59 Å². The number of nitrogens with zero attached hydrogens (tertiary/aromatic N) is 3. The van der Waals surface area contributed by atoms with E-state index in [1.165, 1.54) is 4.68 Å². The molecule has 4 rings (SSSR count). The van der Waals surface area contributed by atoms with E-state index in [4.69, 9.17) is 0 Å². The first-order valence-electron chi connectivity index (χ1n) is 8.49. The topological polar surface area (TPSA) is 92.7 Å². The van der Waals surface area contributed by atoms with E-state index in [1.54, 1.807) is 6.07 Å². The maximum Gasteiger partial charge on any atom is 0.267 e. The van der Waals surface area contributed by atoms with Crippen molar-refractivity contribution in [3.8, 4) is 0 Å². The molecule has 0 spiro atoms. The van der Waals surface area contributed by atoms with Crippen molar-refractivity contribution in [1.82, 2.24) is 25.1 Å². The van der Waals surface area contributed by atoms with Gasteiger partial charge in [-0.15, -0.1) is 0 Å². The van der Waals surface area contributed by atoms with Crippen LogP contribution in [0.2, 0.25) is 0 Å². The van der Waals surface area contributed by atoms with Crippen LogP contribution in [0.3, 0.4) is 0 Å². The highest BCUT2D eigenvalue weighted by Crippen LogP contribution is 2.16. The third kappa shape index (κ3) is 3.31. The van der Waals surface area contributed by atoms with E-state index in [2.05, 4.69) is 20.4 Å². The molecule has 3 aromatic rings. The van der Waals surface area contributed by atoms with Crippen LogP contribution in [0.25, 0.3) is 11.0 Å². The van der Waals surface area contributed by atoms with Crippen molar-refractivity contribution in [3.63, 3.8) is 0 Å². The van der Waals surface area contributed by atoms with Gasteiger partial charge in [0.1, 0.15) is 12.4 Å². The van der Waals surface area contributed by atoms with Crippen molar-refractivity contribution in [2.45, 2.75) is 38.8 Å². The van der Waals surface area contributed by atoms with Crippen molar-refractivity contribution in [2.24, 2.45) is 0 Å². The van der Waals surface area contributed by atoms with Crippen molar-refractivity contribution in [3.05, 3.63) is 57.8 Å². The van der Waals surface area contributed by atoms with Gasteiger partial charge in [0.05, 0.1) is 23.3 Å². The molecule has 0 saturated carbocycles. The summed E-state index contributed by atoms with van der Waals surface area (Å²) < 4.78 is 1.25. The van der Waals surface area contributed by atoms with Crippen LogP contribution in [0.4, 0.5) is 0 Å². The lowest BCUT2D eigenvalue weighted by molar-refractivity contribution is -0.122. The number of H-pyrrole nitrogens is 1. The second-order valence-corrected chi connectivity index (χ2v) is 6.30. The van der Waals surface area contributed by atoms with Gasteiger partial charge >= 0.3 is 0 Å². The predicted molar refractivity (Wildman–Crippen MR) is 93.1 cm³/mol. The van der Waals surface area contributed by atoms with E-state index in [9.17, 15) is 9.59 Å². The molecule has 1 aliphatic carbocycles. The van der Waals surface area contributed by atoms with Gasteiger partial charge in [-0.1, -0.05) is 12.1 Å². The summed E-state index contributed by atoms with van der Waals surface area (Å²) >= 11 is 0. The minimum absolute atomic E-state index is 0.0770. The Hall–Kier alpha value is -2.96. The molecule has 25 heavy (non-hydrogen) atoms. The third-order valence-electron chi connectivity index (χ3n) is 4.46. The fourth-order valence-electron chi connectivity index (χ4n) is 3.18. The zero-order valence-electron chi connectivity index (χ0n) is 13.8. The molecule has 2 aromatic heterocycles. The van der Waals surface area contributed by atoms with Crippen LogP contribution < -0.4 is 10.9 Å². The molecule has 0 atom stereocenters. The summed E-state index contributed by atoms with van der Waals surface area (Å²) in [6.45, 7) is 0.208. The van der Waals surface area contributed by atoms with Gasteiger partial charge < -0.3 is 10.3 Å². The van der Waals surface area contributed by atoms with Gasteiger partial charge in [0.2, 0.25) is 5.91 Å². The molecule has 0 aliphatic heterocycles. The number of imidazole rings is 1. The van der Waals surface area contributed by atoms with Crippen LogP contribution in [0.1, 0.15) is 29.9 Å². The lowest BCUT2D eigenvalue weighted by Gasteiger charge is -2.15. The average Bonchev–Trinajstić information content (AvgIpc) is 3.03. The second kappa shape index (κ2) is 6.51. The van der Waals surface area contributed by atoms with Gasteiger partial charge in [-0.2, -0.15) is 5.10 Å². The van der Waals surface area contributed by atoms with Crippen molar-refractivity contribution in [2.75, 3.05) is 0 Å². The quantitative estimate of drug-likeness (QED) is 0.751. The number of carbonyl (C=O) groups excluding carboxylic acids is 1. The first kappa shape index (κ1) is 15.6. The molecule has 1 amide bonds. The molecule has 7 heteroatoms. The molecular formula is C18H19N5O2. The van der Waals surface area contributed by atoms with Crippen LogP contribution in [-0.4, -0.2) is 25.7 Å². The zero-order chi connectivity index (χ0) is 17.2.